The lowest BCUT2D eigenvalue weighted by Gasteiger charge is -2.08. The van der Waals surface area contributed by atoms with E-state index in [0.29, 0.717) is 10.6 Å². The molecule has 0 saturated heterocycles. The van der Waals surface area contributed by atoms with Gasteiger partial charge in [0.25, 0.3) is 5.91 Å². The fourth-order valence-electron chi connectivity index (χ4n) is 1.47. The minimum absolute atomic E-state index is 0.121. The van der Waals surface area contributed by atoms with Crippen LogP contribution in [-0.4, -0.2) is 13.0 Å². The lowest BCUT2D eigenvalue weighted by atomic mass is 10.2. The number of methoxy groups -OCH3 is 1. The topological polar surface area (TPSA) is 38.3 Å². The number of benzene rings is 1. The fourth-order valence-corrected chi connectivity index (χ4v) is 2.59. The Kier molecular flexibility index (Phi) is 4.04. The highest BCUT2D eigenvalue weighted by molar-refractivity contribution is 9.10. The van der Waals surface area contributed by atoms with Gasteiger partial charge < -0.3 is 10.1 Å². The van der Waals surface area contributed by atoms with Crippen LogP contribution in [0.5, 0.6) is 5.75 Å². The Morgan fingerprint density at radius 3 is 2.89 bits per heavy atom. The molecule has 18 heavy (non-hydrogen) atoms. The second-order valence-electron chi connectivity index (χ2n) is 3.72. The Morgan fingerprint density at radius 2 is 2.22 bits per heavy atom. The second kappa shape index (κ2) is 5.54. The van der Waals surface area contributed by atoms with Crippen LogP contribution in [0.1, 0.15) is 15.2 Å². The van der Waals surface area contributed by atoms with Crippen molar-refractivity contribution in [2.75, 3.05) is 12.4 Å². The molecule has 0 fully saturated rings. The molecular weight excluding hydrogens is 314 g/mol. The standard InChI is InChI=1S/C13H12BrNO2S/c1-8-10(14)4-3-5-11(8)15-13(16)12-6-9(17-2)7-18-12/h3-7H,1-2H3,(H,15,16). The number of nitrogens with one attached hydrogen (secondary N) is 1. The van der Waals surface area contributed by atoms with Crippen molar-refractivity contribution in [1.82, 2.24) is 0 Å². The van der Waals surface area contributed by atoms with Crippen LogP contribution in [0.2, 0.25) is 0 Å². The lowest BCUT2D eigenvalue weighted by Crippen LogP contribution is -2.11. The van der Waals surface area contributed by atoms with Gasteiger partial charge in [-0.2, -0.15) is 0 Å². The number of carbonyl (C=O) groups excluding carboxylic acids is 1. The molecule has 0 radical (unpaired) electrons. The summed E-state index contributed by atoms with van der Waals surface area (Å²) in [6, 6.07) is 7.44. The van der Waals surface area contributed by atoms with Crippen molar-refractivity contribution in [2.45, 2.75) is 6.92 Å². The average molecular weight is 326 g/mol. The number of rotatable bonds is 3. The second-order valence-corrected chi connectivity index (χ2v) is 5.48. The molecule has 2 rings (SSSR count). The van der Waals surface area contributed by atoms with Crippen LogP contribution in [0.15, 0.2) is 34.1 Å². The first-order valence-corrected chi connectivity index (χ1v) is 6.98. The van der Waals surface area contributed by atoms with Crippen molar-refractivity contribution >= 4 is 38.9 Å². The number of thiophene rings is 1. The number of anilines is 1. The summed E-state index contributed by atoms with van der Waals surface area (Å²) in [6.45, 7) is 1.95. The maximum atomic E-state index is 12.0. The Morgan fingerprint density at radius 1 is 1.44 bits per heavy atom. The molecule has 1 aromatic heterocycles. The molecule has 3 nitrogen and oxygen atoms in total. The van der Waals surface area contributed by atoms with Gasteiger partial charge >= 0.3 is 0 Å². The third-order valence-corrected chi connectivity index (χ3v) is 4.32. The molecule has 1 N–H and O–H groups in total. The molecule has 1 aromatic carbocycles. The molecule has 0 aliphatic heterocycles. The van der Waals surface area contributed by atoms with E-state index in [-0.39, 0.29) is 5.91 Å². The van der Waals surface area contributed by atoms with Gasteiger partial charge in [0.1, 0.15) is 5.75 Å². The maximum Gasteiger partial charge on any atom is 0.265 e. The monoisotopic (exact) mass is 325 g/mol. The summed E-state index contributed by atoms with van der Waals surface area (Å²) in [4.78, 5) is 12.7. The highest BCUT2D eigenvalue weighted by atomic mass is 79.9. The van der Waals surface area contributed by atoms with Gasteiger partial charge in [-0.3, -0.25) is 4.79 Å². The molecule has 0 aliphatic carbocycles. The summed E-state index contributed by atoms with van der Waals surface area (Å²) in [7, 11) is 1.59. The molecule has 0 aliphatic rings. The summed E-state index contributed by atoms with van der Waals surface area (Å²) in [5.74, 6) is 0.584. The largest absolute Gasteiger partial charge is 0.496 e. The van der Waals surface area contributed by atoms with Gasteiger partial charge in [-0.1, -0.05) is 22.0 Å². The van der Waals surface area contributed by atoms with Gasteiger partial charge in [-0.25, -0.2) is 0 Å². The molecule has 0 unspecified atom stereocenters. The number of halogens is 1. The molecule has 0 spiro atoms. The Labute approximate surface area is 118 Å². The average Bonchev–Trinajstić information content (AvgIpc) is 2.83. The summed E-state index contributed by atoms with van der Waals surface area (Å²) in [5, 5.41) is 4.70. The zero-order valence-electron chi connectivity index (χ0n) is 9.99. The van der Waals surface area contributed by atoms with E-state index in [1.807, 2.05) is 30.5 Å². The minimum atomic E-state index is -0.121. The predicted molar refractivity (Wildman–Crippen MR) is 77.7 cm³/mol. The van der Waals surface area contributed by atoms with Crippen LogP contribution in [0, 0.1) is 6.92 Å². The van der Waals surface area contributed by atoms with Crippen LogP contribution >= 0.6 is 27.3 Å². The van der Waals surface area contributed by atoms with Gasteiger partial charge in [0, 0.05) is 21.6 Å². The molecule has 94 valence electrons. The quantitative estimate of drug-likeness (QED) is 0.923. The molecular formula is C13H12BrNO2S. The minimum Gasteiger partial charge on any atom is -0.496 e. The Hall–Kier alpha value is -1.33. The summed E-state index contributed by atoms with van der Waals surface area (Å²) >= 11 is 4.80. The Balaban J connectivity index is 2.18. The van der Waals surface area contributed by atoms with Crippen molar-refractivity contribution in [3.63, 3.8) is 0 Å². The first-order chi connectivity index (χ1) is 8.61. The first-order valence-electron chi connectivity index (χ1n) is 5.31. The molecule has 0 saturated carbocycles. The summed E-state index contributed by atoms with van der Waals surface area (Å²) in [6.07, 6.45) is 0. The third kappa shape index (κ3) is 2.73. The van der Waals surface area contributed by atoms with Crippen LogP contribution in [0.4, 0.5) is 5.69 Å². The maximum absolute atomic E-state index is 12.0. The van der Waals surface area contributed by atoms with Crippen LogP contribution in [0.25, 0.3) is 0 Å². The van der Waals surface area contributed by atoms with E-state index < -0.39 is 0 Å². The van der Waals surface area contributed by atoms with Gasteiger partial charge in [0.05, 0.1) is 12.0 Å². The van der Waals surface area contributed by atoms with Crippen LogP contribution in [0.3, 0.4) is 0 Å². The number of amides is 1. The predicted octanol–water partition coefficient (Wildman–Crippen LogP) is 4.08. The van der Waals surface area contributed by atoms with E-state index in [1.54, 1.807) is 13.2 Å². The van der Waals surface area contributed by atoms with E-state index in [2.05, 4.69) is 21.2 Å². The lowest BCUT2D eigenvalue weighted by molar-refractivity contribution is 0.103. The van der Waals surface area contributed by atoms with Crippen LogP contribution in [-0.2, 0) is 0 Å². The summed E-state index contributed by atoms with van der Waals surface area (Å²) < 4.78 is 6.04. The highest BCUT2D eigenvalue weighted by Crippen LogP contribution is 2.26. The van der Waals surface area contributed by atoms with Gasteiger partial charge in [-0.05, 0) is 24.6 Å². The molecule has 1 amide bonds. The normalized spacial score (nSPS) is 10.2. The SMILES string of the molecule is COc1csc(C(=O)Nc2cccc(Br)c2C)c1. The molecule has 5 heteroatoms. The van der Waals surface area contributed by atoms with Crippen molar-refractivity contribution in [3.05, 3.63) is 44.6 Å². The molecule has 0 atom stereocenters. The van der Waals surface area contributed by atoms with Crippen molar-refractivity contribution in [2.24, 2.45) is 0 Å². The Bertz CT molecular complexity index is 580. The third-order valence-electron chi connectivity index (χ3n) is 2.55. The van der Waals surface area contributed by atoms with E-state index in [0.717, 1.165) is 15.7 Å². The number of carbonyl (C=O) groups is 1. The summed E-state index contributed by atoms with van der Waals surface area (Å²) in [5.41, 5.74) is 1.82. The fraction of sp³-hybridized carbons (Fsp3) is 0.154. The van der Waals surface area contributed by atoms with Crippen LogP contribution < -0.4 is 10.1 Å². The molecule has 2 aromatic rings. The van der Waals surface area contributed by atoms with Gasteiger partial charge in [0.15, 0.2) is 0 Å². The zero-order valence-corrected chi connectivity index (χ0v) is 12.4. The number of hydrogen-bond donors (Lipinski definition) is 1. The van der Waals surface area contributed by atoms with E-state index in [1.165, 1.54) is 11.3 Å². The van der Waals surface area contributed by atoms with E-state index in [4.69, 9.17) is 4.74 Å². The zero-order chi connectivity index (χ0) is 13.1. The molecule has 1 heterocycles. The molecule has 0 bridgehead atoms. The highest BCUT2D eigenvalue weighted by Gasteiger charge is 2.11. The van der Waals surface area contributed by atoms with Gasteiger partial charge in [0.2, 0.25) is 0 Å². The number of hydrogen-bond acceptors (Lipinski definition) is 3. The smallest absolute Gasteiger partial charge is 0.265 e. The van der Waals surface area contributed by atoms with E-state index in [9.17, 15) is 4.79 Å². The van der Waals surface area contributed by atoms with Crippen molar-refractivity contribution < 1.29 is 9.53 Å². The van der Waals surface area contributed by atoms with Crippen molar-refractivity contribution in [1.29, 1.82) is 0 Å². The van der Waals surface area contributed by atoms with Crippen molar-refractivity contribution in [3.8, 4) is 5.75 Å². The van der Waals surface area contributed by atoms with E-state index >= 15 is 0 Å². The number of ether oxygens (including phenoxy) is 1. The van der Waals surface area contributed by atoms with Gasteiger partial charge in [-0.15, -0.1) is 11.3 Å². The first kappa shape index (κ1) is 13.1.